The number of nitrogens with zero attached hydrogens (tertiary/aromatic N) is 1. The molecule has 0 fully saturated rings. The molecule has 0 aliphatic rings. The van der Waals surface area contributed by atoms with Gasteiger partial charge in [0.15, 0.2) is 0 Å². The Kier molecular flexibility index (Phi) is 5.06. The van der Waals surface area contributed by atoms with Crippen LogP contribution in [0.5, 0.6) is 0 Å². The summed E-state index contributed by atoms with van der Waals surface area (Å²) < 4.78 is 22.1. The summed E-state index contributed by atoms with van der Waals surface area (Å²) >= 11 is 0. The summed E-state index contributed by atoms with van der Waals surface area (Å²) in [6.07, 6.45) is -0.558. The maximum atomic E-state index is 13.1. The van der Waals surface area contributed by atoms with Crippen LogP contribution in [0.2, 0.25) is 0 Å². The molecule has 0 aliphatic heterocycles. The van der Waals surface area contributed by atoms with Crippen molar-refractivity contribution in [3.63, 3.8) is 0 Å². The van der Waals surface area contributed by atoms with Crippen molar-refractivity contribution in [3.05, 3.63) is 30.1 Å². The van der Waals surface area contributed by atoms with Gasteiger partial charge >= 0.3 is 11.9 Å². The first kappa shape index (κ1) is 13.1. The van der Waals surface area contributed by atoms with Gasteiger partial charge in [-0.1, -0.05) is 6.07 Å². The molecule has 0 radical (unpaired) electrons. The molecular formula is C11H12FNO4. The fourth-order valence-corrected chi connectivity index (χ4v) is 1.01. The molecule has 1 heterocycles. The lowest BCUT2D eigenvalue weighted by Crippen LogP contribution is -2.25. The van der Waals surface area contributed by atoms with E-state index >= 15 is 0 Å². The molecule has 0 spiro atoms. The highest BCUT2D eigenvalue weighted by molar-refractivity contribution is 5.87. The van der Waals surface area contributed by atoms with Gasteiger partial charge in [0.1, 0.15) is 12.3 Å². The van der Waals surface area contributed by atoms with Crippen molar-refractivity contribution in [2.45, 2.75) is 13.1 Å². The zero-order valence-electron chi connectivity index (χ0n) is 9.26. The number of pyridine rings is 1. The van der Waals surface area contributed by atoms with Gasteiger partial charge in [0.2, 0.25) is 6.17 Å². The van der Waals surface area contributed by atoms with Crippen LogP contribution >= 0.6 is 0 Å². The Morgan fingerprint density at radius 1 is 1.41 bits per heavy atom. The number of alkyl halides is 1. The van der Waals surface area contributed by atoms with Crippen LogP contribution in [-0.4, -0.2) is 36.3 Å². The maximum absolute atomic E-state index is 13.1. The van der Waals surface area contributed by atoms with Gasteiger partial charge in [0, 0.05) is 6.20 Å². The Labute approximate surface area is 97.6 Å². The second-order valence-electron chi connectivity index (χ2n) is 3.03. The van der Waals surface area contributed by atoms with Crippen LogP contribution in [0.25, 0.3) is 0 Å². The fourth-order valence-electron chi connectivity index (χ4n) is 1.01. The van der Waals surface area contributed by atoms with Crippen LogP contribution in [0.1, 0.15) is 17.4 Å². The van der Waals surface area contributed by atoms with Crippen molar-refractivity contribution in [2.75, 3.05) is 13.2 Å². The lowest BCUT2D eigenvalue weighted by atomic mass is 10.3. The Hall–Kier alpha value is -1.98. The topological polar surface area (TPSA) is 65.5 Å². The number of hydrogen-bond acceptors (Lipinski definition) is 5. The van der Waals surface area contributed by atoms with Crippen molar-refractivity contribution in [2.24, 2.45) is 0 Å². The van der Waals surface area contributed by atoms with E-state index in [2.05, 4.69) is 14.5 Å². The van der Waals surface area contributed by atoms with Crippen LogP contribution in [0.3, 0.4) is 0 Å². The number of hydrogen-bond donors (Lipinski definition) is 0. The van der Waals surface area contributed by atoms with E-state index in [0.717, 1.165) is 0 Å². The average molecular weight is 241 g/mol. The minimum absolute atomic E-state index is 0.0589. The van der Waals surface area contributed by atoms with Gasteiger partial charge in [-0.25, -0.2) is 19.0 Å². The van der Waals surface area contributed by atoms with Gasteiger partial charge in [0.05, 0.1) is 6.61 Å². The first-order valence-electron chi connectivity index (χ1n) is 5.04. The lowest BCUT2D eigenvalue weighted by Gasteiger charge is -2.08. The van der Waals surface area contributed by atoms with Crippen molar-refractivity contribution >= 4 is 11.9 Å². The number of carbonyl (C=O) groups is 2. The van der Waals surface area contributed by atoms with E-state index in [1.807, 2.05) is 0 Å². The number of rotatable bonds is 5. The summed E-state index contributed by atoms with van der Waals surface area (Å²) in [4.78, 5) is 25.9. The monoisotopic (exact) mass is 241 g/mol. The third-order valence-electron chi connectivity index (χ3n) is 1.78. The number of ether oxygens (including phenoxy) is 2. The predicted molar refractivity (Wildman–Crippen MR) is 56.0 cm³/mol. The highest BCUT2D eigenvalue weighted by atomic mass is 19.1. The van der Waals surface area contributed by atoms with Gasteiger partial charge in [0.25, 0.3) is 0 Å². The maximum Gasteiger partial charge on any atom is 0.357 e. The Bertz CT molecular complexity index is 382. The van der Waals surface area contributed by atoms with E-state index in [1.54, 1.807) is 19.1 Å². The number of aromatic nitrogens is 1. The molecule has 0 saturated carbocycles. The molecule has 1 atom stereocenters. The summed E-state index contributed by atoms with van der Waals surface area (Å²) in [5, 5.41) is 0. The third kappa shape index (κ3) is 4.18. The molecular weight excluding hydrogens is 229 g/mol. The average Bonchev–Trinajstić information content (AvgIpc) is 2.36. The fraction of sp³-hybridized carbons (Fsp3) is 0.364. The van der Waals surface area contributed by atoms with Crippen LogP contribution < -0.4 is 0 Å². The molecule has 0 bridgehead atoms. The summed E-state index contributed by atoms with van der Waals surface area (Å²) in [6.45, 7) is 0.964. The molecule has 0 N–H and O–H groups in total. The molecule has 1 rings (SSSR count). The summed E-state index contributed by atoms with van der Waals surface area (Å²) in [7, 11) is 0. The van der Waals surface area contributed by atoms with Crippen molar-refractivity contribution < 1.29 is 23.5 Å². The molecule has 92 valence electrons. The zero-order chi connectivity index (χ0) is 12.7. The molecule has 0 aliphatic carbocycles. The molecule has 5 nitrogen and oxygen atoms in total. The van der Waals surface area contributed by atoms with Crippen LogP contribution in [0, 0.1) is 0 Å². The largest absolute Gasteiger partial charge is 0.464 e. The second kappa shape index (κ2) is 6.57. The smallest absolute Gasteiger partial charge is 0.357 e. The standard InChI is InChI=1S/C11H12FNO4/c1-2-16-10(14)8(12)7-17-11(15)9-5-3-4-6-13-9/h3-6,8H,2,7H2,1H3. The normalized spacial score (nSPS) is 11.6. The van der Waals surface area contributed by atoms with E-state index in [9.17, 15) is 14.0 Å². The van der Waals surface area contributed by atoms with Gasteiger partial charge in [-0.15, -0.1) is 0 Å². The van der Waals surface area contributed by atoms with E-state index in [-0.39, 0.29) is 12.3 Å². The second-order valence-corrected chi connectivity index (χ2v) is 3.03. The third-order valence-corrected chi connectivity index (χ3v) is 1.78. The Morgan fingerprint density at radius 3 is 2.76 bits per heavy atom. The zero-order valence-corrected chi connectivity index (χ0v) is 9.26. The highest BCUT2D eigenvalue weighted by Crippen LogP contribution is 2.01. The Morgan fingerprint density at radius 2 is 2.18 bits per heavy atom. The van der Waals surface area contributed by atoms with E-state index in [1.165, 1.54) is 12.3 Å². The SMILES string of the molecule is CCOC(=O)C(F)COC(=O)c1ccccn1. The van der Waals surface area contributed by atoms with E-state index < -0.39 is 24.7 Å². The summed E-state index contributed by atoms with van der Waals surface area (Å²) in [5.41, 5.74) is 0.0589. The van der Waals surface area contributed by atoms with Crippen LogP contribution in [0.15, 0.2) is 24.4 Å². The molecule has 1 aromatic rings. The molecule has 0 saturated heterocycles. The van der Waals surface area contributed by atoms with E-state index in [0.29, 0.717) is 0 Å². The van der Waals surface area contributed by atoms with Crippen molar-refractivity contribution in [1.82, 2.24) is 4.98 Å². The number of carbonyl (C=O) groups excluding carboxylic acids is 2. The van der Waals surface area contributed by atoms with Gasteiger partial charge in [-0.05, 0) is 19.1 Å². The van der Waals surface area contributed by atoms with Crippen molar-refractivity contribution in [3.8, 4) is 0 Å². The molecule has 0 aromatic carbocycles. The Balaban J connectivity index is 2.41. The minimum Gasteiger partial charge on any atom is -0.464 e. The molecule has 17 heavy (non-hydrogen) atoms. The molecule has 1 unspecified atom stereocenters. The van der Waals surface area contributed by atoms with Crippen molar-refractivity contribution in [1.29, 1.82) is 0 Å². The first-order valence-corrected chi connectivity index (χ1v) is 5.04. The first-order chi connectivity index (χ1) is 8.15. The number of halogens is 1. The quantitative estimate of drug-likeness (QED) is 0.723. The number of esters is 2. The molecule has 0 amide bonds. The van der Waals surface area contributed by atoms with Crippen LogP contribution in [-0.2, 0) is 14.3 Å². The molecule has 6 heteroatoms. The van der Waals surface area contributed by atoms with Gasteiger partial charge in [-0.3, -0.25) is 0 Å². The summed E-state index contributed by atoms with van der Waals surface area (Å²) in [6, 6.07) is 4.66. The molecule has 1 aromatic heterocycles. The highest BCUT2D eigenvalue weighted by Gasteiger charge is 2.21. The predicted octanol–water partition coefficient (Wildman–Crippen LogP) is 1.14. The lowest BCUT2D eigenvalue weighted by molar-refractivity contribution is -0.150. The summed E-state index contributed by atoms with van der Waals surface area (Å²) in [5.74, 6) is -1.82. The van der Waals surface area contributed by atoms with E-state index in [4.69, 9.17) is 0 Å². The van der Waals surface area contributed by atoms with Crippen LogP contribution in [0.4, 0.5) is 4.39 Å². The van der Waals surface area contributed by atoms with Gasteiger partial charge < -0.3 is 9.47 Å². The minimum atomic E-state index is -1.97. The van der Waals surface area contributed by atoms with Gasteiger partial charge in [-0.2, -0.15) is 0 Å².